The topological polar surface area (TPSA) is 36.4 Å². The first-order valence-corrected chi connectivity index (χ1v) is 8.49. The average molecular weight is 353 g/mol. The fourth-order valence-corrected chi connectivity index (χ4v) is 3.65. The molecule has 1 aliphatic heterocycles. The third-order valence-corrected chi connectivity index (χ3v) is 5.00. The van der Waals surface area contributed by atoms with Crippen molar-refractivity contribution in [2.24, 2.45) is 0 Å². The third-order valence-electron chi connectivity index (χ3n) is 3.57. The summed E-state index contributed by atoms with van der Waals surface area (Å²) >= 11 is 5.19. The summed E-state index contributed by atoms with van der Waals surface area (Å²) in [4.78, 5) is 7.10. The highest BCUT2D eigenvalue weighted by molar-refractivity contribution is 9.10. The first kappa shape index (κ1) is 14.2. The Labute approximate surface area is 131 Å². The number of halogens is 1. The van der Waals surface area contributed by atoms with Gasteiger partial charge in [0.25, 0.3) is 0 Å². The van der Waals surface area contributed by atoms with E-state index in [2.05, 4.69) is 38.3 Å². The molecule has 0 amide bonds. The number of hydrogen-bond acceptors (Lipinski definition) is 4. The van der Waals surface area contributed by atoms with Crippen LogP contribution in [0.25, 0.3) is 10.6 Å². The third kappa shape index (κ3) is 3.47. The van der Waals surface area contributed by atoms with Crippen LogP contribution >= 0.6 is 27.3 Å². The second-order valence-electron chi connectivity index (χ2n) is 5.16. The van der Waals surface area contributed by atoms with Crippen LogP contribution in [0, 0.1) is 0 Å². The molecule has 3 nitrogen and oxygen atoms in total. The smallest absolute Gasteiger partial charge is 0.123 e. The summed E-state index contributed by atoms with van der Waals surface area (Å²) < 4.78 is 1.08. The zero-order valence-electron chi connectivity index (χ0n) is 11.1. The summed E-state index contributed by atoms with van der Waals surface area (Å²) in [6, 6.07) is 8.24. The second kappa shape index (κ2) is 6.35. The lowest BCUT2D eigenvalue weighted by atomic mass is 10.1. The monoisotopic (exact) mass is 352 g/mol. The van der Waals surface area contributed by atoms with Crippen LogP contribution in [0.15, 0.2) is 34.1 Å². The summed E-state index contributed by atoms with van der Waals surface area (Å²) in [6.45, 7) is 2.81. The van der Waals surface area contributed by atoms with Gasteiger partial charge in [0, 0.05) is 35.1 Å². The Kier molecular flexibility index (Phi) is 4.51. The molecule has 0 unspecified atom stereocenters. The van der Waals surface area contributed by atoms with Gasteiger partial charge in [0.15, 0.2) is 0 Å². The maximum Gasteiger partial charge on any atom is 0.123 e. The summed E-state index contributed by atoms with van der Waals surface area (Å²) in [5, 5.41) is 12.7. The minimum absolute atomic E-state index is 0.112. The van der Waals surface area contributed by atoms with Gasteiger partial charge in [-0.15, -0.1) is 11.3 Å². The zero-order chi connectivity index (χ0) is 13.9. The quantitative estimate of drug-likeness (QED) is 0.917. The van der Waals surface area contributed by atoms with Crippen molar-refractivity contribution in [1.29, 1.82) is 0 Å². The van der Waals surface area contributed by atoms with E-state index in [-0.39, 0.29) is 6.10 Å². The van der Waals surface area contributed by atoms with E-state index in [0.717, 1.165) is 53.2 Å². The molecule has 1 fully saturated rings. The highest BCUT2D eigenvalue weighted by atomic mass is 79.9. The Morgan fingerprint density at radius 1 is 1.35 bits per heavy atom. The van der Waals surface area contributed by atoms with Gasteiger partial charge in [0.2, 0.25) is 0 Å². The van der Waals surface area contributed by atoms with Crippen LogP contribution in [-0.2, 0) is 6.54 Å². The molecule has 5 heteroatoms. The largest absolute Gasteiger partial charge is 0.393 e. The number of thiazole rings is 1. The van der Waals surface area contributed by atoms with E-state index in [1.807, 2.05) is 12.1 Å². The van der Waals surface area contributed by atoms with E-state index in [1.54, 1.807) is 11.3 Å². The molecule has 1 aliphatic rings. The predicted octanol–water partition coefficient (Wildman–Crippen LogP) is 3.53. The number of rotatable bonds is 3. The average Bonchev–Trinajstić information content (AvgIpc) is 2.90. The van der Waals surface area contributed by atoms with E-state index in [9.17, 15) is 5.11 Å². The Morgan fingerprint density at radius 2 is 2.15 bits per heavy atom. The standard InChI is InChI=1S/C15H17BrN2OS/c16-12-3-1-2-11(8-12)15-17-13(10-20-15)9-18-6-4-14(19)5-7-18/h1-3,8,10,14,19H,4-7,9H2. The van der Waals surface area contributed by atoms with Gasteiger partial charge in [0.1, 0.15) is 5.01 Å². The Bertz CT molecular complexity index is 579. The molecule has 2 heterocycles. The van der Waals surface area contributed by atoms with Crippen molar-refractivity contribution in [3.05, 3.63) is 39.8 Å². The lowest BCUT2D eigenvalue weighted by Gasteiger charge is -2.28. The van der Waals surface area contributed by atoms with Gasteiger partial charge < -0.3 is 5.11 Å². The summed E-state index contributed by atoms with van der Waals surface area (Å²) in [6.07, 6.45) is 1.64. The summed E-state index contributed by atoms with van der Waals surface area (Å²) in [7, 11) is 0. The molecule has 0 radical (unpaired) electrons. The zero-order valence-corrected chi connectivity index (χ0v) is 13.5. The number of aromatic nitrogens is 1. The molecular formula is C15H17BrN2OS. The van der Waals surface area contributed by atoms with Crippen LogP contribution in [0.3, 0.4) is 0 Å². The van der Waals surface area contributed by atoms with Crippen molar-refractivity contribution in [3.63, 3.8) is 0 Å². The number of hydrogen-bond donors (Lipinski definition) is 1. The van der Waals surface area contributed by atoms with Crippen molar-refractivity contribution in [1.82, 2.24) is 9.88 Å². The molecular weight excluding hydrogens is 336 g/mol. The van der Waals surface area contributed by atoms with Crippen LogP contribution < -0.4 is 0 Å². The Morgan fingerprint density at radius 3 is 2.90 bits per heavy atom. The lowest BCUT2D eigenvalue weighted by Crippen LogP contribution is -2.35. The summed E-state index contributed by atoms with van der Waals surface area (Å²) in [5.74, 6) is 0. The van der Waals surface area contributed by atoms with Crippen LogP contribution in [0.1, 0.15) is 18.5 Å². The Hall–Kier alpha value is -0.750. The molecule has 2 aromatic rings. The first-order valence-electron chi connectivity index (χ1n) is 6.81. The number of piperidine rings is 1. The molecule has 20 heavy (non-hydrogen) atoms. The highest BCUT2D eigenvalue weighted by Crippen LogP contribution is 2.27. The number of nitrogens with zero attached hydrogens (tertiary/aromatic N) is 2. The first-order chi connectivity index (χ1) is 9.70. The fourth-order valence-electron chi connectivity index (χ4n) is 2.44. The minimum atomic E-state index is -0.112. The number of benzene rings is 1. The van der Waals surface area contributed by atoms with Gasteiger partial charge in [-0.2, -0.15) is 0 Å². The lowest BCUT2D eigenvalue weighted by molar-refractivity contribution is 0.0787. The van der Waals surface area contributed by atoms with E-state index in [1.165, 1.54) is 0 Å². The molecule has 0 spiro atoms. The van der Waals surface area contributed by atoms with E-state index >= 15 is 0 Å². The molecule has 0 bridgehead atoms. The van der Waals surface area contributed by atoms with Gasteiger partial charge in [-0.1, -0.05) is 28.1 Å². The Balaban J connectivity index is 1.68. The van der Waals surface area contributed by atoms with E-state index in [0.29, 0.717) is 0 Å². The number of aliphatic hydroxyl groups excluding tert-OH is 1. The van der Waals surface area contributed by atoms with E-state index in [4.69, 9.17) is 4.98 Å². The van der Waals surface area contributed by atoms with Crippen molar-refractivity contribution in [2.75, 3.05) is 13.1 Å². The van der Waals surface area contributed by atoms with Gasteiger partial charge in [-0.05, 0) is 25.0 Å². The molecule has 0 atom stereocenters. The maximum atomic E-state index is 9.53. The molecule has 1 saturated heterocycles. The van der Waals surface area contributed by atoms with Gasteiger partial charge in [-0.25, -0.2) is 4.98 Å². The second-order valence-corrected chi connectivity index (χ2v) is 6.94. The number of likely N-dealkylation sites (tertiary alicyclic amines) is 1. The molecule has 106 valence electrons. The maximum absolute atomic E-state index is 9.53. The van der Waals surface area contributed by atoms with Crippen LogP contribution in [0.5, 0.6) is 0 Å². The fraction of sp³-hybridized carbons (Fsp3) is 0.400. The van der Waals surface area contributed by atoms with Crippen molar-refractivity contribution in [3.8, 4) is 10.6 Å². The van der Waals surface area contributed by atoms with Crippen LogP contribution in [0.2, 0.25) is 0 Å². The minimum Gasteiger partial charge on any atom is -0.393 e. The molecule has 1 aromatic carbocycles. The van der Waals surface area contributed by atoms with Crippen molar-refractivity contribution < 1.29 is 5.11 Å². The SMILES string of the molecule is OC1CCN(Cc2csc(-c3cccc(Br)c3)n2)CC1. The van der Waals surface area contributed by atoms with Crippen LogP contribution in [-0.4, -0.2) is 34.2 Å². The molecule has 0 aliphatic carbocycles. The van der Waals surface area contributed by atoms with Gasteiger partial charge in [0.05, 0.1) is 11.8 Å². The van der Waals surface area contributed by atoms with Crippen molar-refractivity contribution in [2.45, 2.75) is 25.5 Å². The normalized spacial score (nSPS) is 17.5. The van der Waals surface area contributed by atoms with Gasteiger partial charge >= 0.3 is 0 Å². The molecule has 0 saturated carbocycles. The van der Waals surface area contributed by atoms with Gasteiger partial charge in [-0.3, -0.25) is 4.90 Å². The summed E-state index contributed by atoms with van der Waals surface area (Å²) in [5.41, 5.74) is 2.28. The molecule has 1 N–H and O–H groups in total. The molecule has 1 aromatic heterocycles. The highest BCUT2D eigenvalue weighted by Gasteiger charge is 2.17. The predicted molar refractivity (Wildman–Crippen MR) is 85.8 cm³/mol. The van der Waals surface area contributed by atoms with E-state index < -0.39 is 0 Å². The molecule has 3 rings (SSSR count). The van der Waals surface area contributed by atoms with Crippen LogP contribution in [0.4, 0.5) is 0 Å². The van der Waals surface area contributed by atoms with Crippen molar-refractivity contribution >= 4 is 27.3 Å². The number of aliphatic hydroxyl groups is 1.